The lowest BCUT2D eigenvalue weighted by atomic mass is 10.2. The Bertz CT molecular complexity index is 890. The molecule has 0 saturated carbocycles. The van der Waals surface area contributed by atoms with Crippen molar-refractivity contribution in [3.63, 3.8) is 0 Å². The van der Waals surface area contributed by atoms with Crippen LogP contribution in [0, 0.1) is 0 Å². The van der Waals surface area contributed by atoms with Crippen molar-refractivity contribution < 1.29 is 28.5 Å². The van der Waals surface area contributed by atoms with E-state index in [9.17, 15) is 0 Å². The van der Waals surface area contributed by atoms with Crippen molar-refractivity contribution in [3.8, 4) is 9.75 Å². The van der Waals surface area contributed by atoms with Gasteiger partial charge >= 0.3 is 0 Å². The van der Waals surface area contributed by atoms with Crippen LogP contribution in [0.3, 0.4) is 0 Å². The number of pyridine rings is 1. The van der Waals surface area contributed by atoms with Crippen molar-refractivity contribution >= 4 is 39.8 Å². The van der Waals surface area contributed by atoms with Gasteiger partial charge in [0.05, 0.1) is 5.00 Å². The van der Waals surface area contributed by atoms with Crippen molar-refractivity contribution in [2.24, 2.45) is 7.05 Å². The number of nitrogens with zero attached hydrogens (tertiary/aromatic N) is 2. The average molecular weight is 539 g/mol. The monoisotopic (exact) mass is 538 g/mol. The molecular formula is C24H31IN2S2. The van der Waals surface area contributed by atoms with Gasteiger partial charge in [-0.15, -0.1) is 22.7 Å². The van der Waals surface area contributed by atoms with Gasteiger partial charge in [0.1, 0.15) is 7.05 Å². The summed E-state index contributed by atoms with van der Waals surface area (Å²) in [6.07, 6.45) is 11.5. The second kappa shape index (κ2) is 12.5. The zero-order valence-corrected chi connectivity index (χ0v) is 21.4. The van der Waals surface area contributed by atoms with E-state index in [2.05, 4.69) is 91.2 Å². The highest BCUT2D eigenvalue weighted by molar-refractivity contribution is 7.24. The van der Waals surface area contributed by atoms with Gasteiger partial charge in [0.15, 0.2) is 6.20 Å². The minimum atomic E-state index is 0. The molecule has 2 nitrogen and oxygen atoms in total. The Morgan fingerprint density at radius 3 is 2.24 bits per heavy atom. The molecule has 0 amide bonds. The highest BCUT2D eigenvalue weighted by Crippen LogP contribution is 2.38. The quantitative estimate of drug-likeness (QED) is 0.281. The standard InChI is InChI=1S/C24H31N2S2.HI/c1-4-6-18-26(19-7-5-2)24-16-15-23(28-24)22-14-13-21(27-22)12-11-20-10-8-9-17-25(20)3;/h8-17H,4-7,18-19H2,1-3H3;1H/q+1;/p-1. The SMILES string of the molecule is CCCCN(CCCC)c1ccc(-c2ccc(/C=C/c3cccc[n+]3C)s2)s1.[I-]. The molecule has 3 heterocycles. The molecular weight excluding hydrogens is 507 g/mol. The molecule has 3 aromatic heterocycles. The van der Waals surface area contributed by atoms with E-state index < -0.39 is 0 Å². The minimum absolute atomic E-state index is 0. The third-order valence-corrected chi connectivity index (χ3v) is 7.24. The maximum atomic E-state index is 2.57. The molecule has 3 aromatic rings. The first kappa shape index (κ1) is 24.1. The van der Waals surface area contributed by atoms with Crippen LogP contribution in [-0.4, -0.2) is 13.1 Å². The largest absolute Gasteiger partial charge is 1.00 e. The van der Waals surface area contributed by atoms with Crippen LogP contribution in [-0.2, 0) is 7.05 Å². The molecule has 0 spiro atoms. The van der Waals surface area contributed by atoms with Gasteiger partial charge in [-0.3, -0.25) is 0 Å². The Balaban J connectivity index is 0.00000300. The van der Waals surface area contributed by atoms with E-state index in [1.54, 1.807) is 0 Å². The Morgan fingerprint density at radius 1 is 0.862 bits per heavy atom. The minimum Gasteiger partial charge on any atom is -1.00 e. The molecule has 0 aromatic carbocycles. The average Bonchev–Trinajstić information content (AvgIpc) is 3.37. The van der Waals surface area contributed by atoms with Crippen LogP contribution >= 0.6 is 22.7 Å². The highest BCUT2D eigenvalue weighted by atomic mass is 127. The number of halogens is 1. The molecule has 5 heteroatoms. The van der Waals surface area contributed by atoms with Crippen molar-refractivity contribution in [2.75, 3.05) is 18.0 Å². The van der Waals surface area contributed by atoms with Crippen LogP contribution in [0.2, 0.25) is 0 Å². The zero-order chi connectivity index (χ0) is 19.8. The molecule has 0 unspecified atom stereocenters. The van der Waals surface area contributed by atoms with Crippen LogP contribution in [0.15, 0.2) is 48.7 Å². The third-order valence-electron chi connectivity index (χ3n) is 4.85. The van der Waals surface area contributed by atoms with Crippen molar-refractivity contribution in [1.29, 1.82) is 0 Å². The summed E-state index contributed by atoms with van der Waals surface area (Å²) in [5, 5.41) is 1.42. The lowest BCUT2D eigenvalue weighted by Crippen LogP contribution is -3.00. The van der Waals surface area contributed by atoms with Crippen molar-refractivity contribution in [2.45, 2.75) is 39.5 Å². The number of rotatable bonds is 10. The van der Waals surface area contributed by atoms with Gasteiger partial charge in [0.25, 0.3) is 0 Å². The molecule has 0 bridgehead atoms. The first-order valence-electron chi connectivity index (χ1n) is 10.3. The molecule has 0 aliphatic heterocycles. The van der Waals surface area contributed by atoms with E-state index >= 15 is 0 Å². The van der Waals surface area contributed by atoms with Crippen molar-refractivity contribution in [1.82, 2.24) is 0 Å². The van der Waals surface area contributed by atoms with Gasteiger partial charge in [0.2, 0.25) is 5.69 Å². The molecule has 0 radical (unpaired) electrons. The lowest BCUT2D eigenvalue weighted by molar-refractivity contribution is -0.673. The fourth-order valence-corrected chi connectivity index (χ4v) is 5.17. The van der Waals surface area contributed by atoms with Crippen LogP contribution < -0.4 is 33.4 Å². The zero-order valence-electron chi connectivity index (χ0n) is 17.6. The summed E-state index contributed by atoms with van der Waals surface area (Å²) in [5.74, 6) is 0. The number of thiophene rings is 2. The highest BCUT2D eigenvalue weighted by Gasteiger charge is 2.11. The van der Waals surface area contributed by atoms with Crippen LogP contribution in [0.1, 0.15) is 50.1 Å². The summed E-state index contributed by atoms with van der Waals surface area (Å²) in [7, 11) is 2.08. The lowest BCUT2D eigenvalue weighted by Gasteiger charge is -2.22. The molecule has 3 rings (SSSR count). The summed E-state index contributed by atoms with van der Waals surface area (Å²) in [4.78, 5) is 6.61. The molecule has 0 atom stereocenters. The number of unbranched alkanes of at least 4 members (excludes halogenated alkanes) is 2. The second-order valence-electron chi connectivity index (χ2n) is 7.10. The van der Waals surface area contributed by atoms with E-state index in [4.69, 9.17) is 0 Å². The summed E-state index contributed by atoms with van der Waals surface area (Å²) < 4.78 is 2.14. The predicted molar refractivity (Wildman–Crippen MR) is 126 cm³/mol. The van der Waals surface area contributed by atoms with E-state index in [1.165, 1.54) is 64.1 Å². The van der Waals surface area contributed by atoms with Gasteiger partial charge in [-0.2, -0.15) is 0 Å². The van der Waals surface area contributed by atoms with Gasteiger partial charge in [-0.25, -0.2) is 4.57 Å². The maximum Gasteiger partial charge on any atom is 0.204 e. The van der Waals surface area contributed by atoms with Gasteiger partial charge < -0.3 is 28.9 Å². The van der Waals surface area contributed by atoms with Crippen LogP contribution in [0.25, 0.3) is 21.9 Å². The Labute approximate surface area is 200 Å². The number of anilines is 1. The normalized spacial score (nSPS) is 11.0. The van der Waals surface area contributed by atoms with E-state index in [1.807, 2.05) is 22.7 Å². The van der Waals surface area contributed by atoms with E-state index in [0.717, 1.165) is 0 Å². The molecule has 0 aliphatic carbocycles. The van der Waals surface area contributed by atoms with Crippen molar-refractivity contribution in [3.05, 3.63) is 59.2 Å². The number of hydrogen-bond donors (Lipinski definition) is 0. The van der Waals surface area contributed by atoms with Gasteiger partial charge in [0, 0.05) is 45.9 Å². The predicted octanol–water partition coefficient (Wildman–Crippen LogP) is 3.88. The molecule has 0 fully saturated rings. The summed E-state index contributed by atoms with van der Waals surface area (Å²) in [6, 6.07) is 15.4. The van der Waals surface area contributed by atoms with Crippen LogP contribution in [0.4, 0.5) is 5.00 Å². The molecule has 0 saturated heterocycles. The van der Waals surface area contributed by atoms with Gasteiger partial charge in [-0.05, 0) is 49.2 Å². The second-order valence-corrected chi connectivity index (χ2v) is 9.28. The first-order valence-corrected chi connectivity index (χ1v) is 11.9. The van der Waals surface area contributed by atoms with E-state index in [-0.39, 0.29) is 24.0 Å². The summed E-state index contributed by atoms with van der Waals surface area (Å²) in [6.45, 7) is 6.88. The fraction of sp³-hybridized carbons (Fsp3) is 0.375. The number of hydrogen-bond acceptors (Lipinski definition) is 3. The summed E-state index contributed by atoms with van der Waals surface area (Å²) >= 11 is 3.80. The molecule has 156 valence electrons. The van der Waals surface area contributed by atoms with Gasteiger partial charge in [-0.1, -0.05) is 26.7 Å². The first-order chi connectivity index (χ1) is 13.7. The van der Waals surface area contributed by atoms with Crippen LogP contribution in [0.5, 0.6) is 0 Å². The molecule has 0 aliphatic rings. The maximum absolute atomic E-state index is 2.57. The fourth-order valence-electron chi connectivity index (χ4n) is 3.11. The Kier molecular flexibility index (Phi) is 10.4. The smallest absolute Gasteiger partial charge is 0.204 e. The molecule has 0 N–H and O–H groups in total. The molecule has 29 heavy (non-hydrogen) atoms. The number of aromatic nitrogens is 1. The Morgan fingerprint density at radius 2 is 1.55 bits per heavy atom. The van der Waals surface area contributed by atoms with E-state index in [0.29, 0.717) is 0 Å². The summed E-state index contributed by atoms with van der Waals surface area (Å²) in [5.41, 5.74) is 1.21. The number of aryl methyl sites for hydroxylation is 1. The third kappa shape index (κ3) is 6.93. The topological polar surface area (TPSA) is 7.12 Å². The Hall–Kier alpha value is -1.18.